The molecule has 1 aliphatic carbocycles. The number of amides is 1. The highest BCUT2D eigenvalue weighted by atomic mass is 16.5. The normalized spacial score (nSPS) is 19.6. The van der Waals surface area contributed by atoms with Crippen molar-refractivity contribution in [2.45, 2.75) is 31.8 Å². The summed E-state index contributed by atoms with van der Waals surface area (Å²) in [6.07, 6.45) is 4.71. The molecule has 1 heterocycles. The van der Waals surface area contributed by atoms with Crippen LogP contribution in [0, 0.1) is 0 Å². The molecule has 1 saturated carbocycles. The molecule has 1 aliphatic heterocycles. The molecule has 1 amide bonds. The maximum Gasteiger partial charge on any atom is 0.257 e. The molecule has 0 unspecified atom stereocenters. The van der Waals surface area contributed by atoms with Gasteiger partial charge in [-0.15, -0.1) is 0 Å². The van der Waals surface area contributed by atoms with Gasteiger partial charge in [0.15, 0.2) is 0 Å². The zero-order chi connectivity index (χ0) is 16.8. The van der Waals surface area contributed by atoms with Crippen LogP contribution in [0.4, 0.5) is 0 Å². The molecule has 5 nitrogen and oxygen atoms in total. The SMILES string of the molecule is COCCN1CCCN(C(=O)c2ccccc2OC2CCC2)CC1. The largest absolute Gasteiger partial charge is 0.490 e. The number of hydrogen-bond donors (Lipinski definition) is 0. The molecular weight excluding hydrogens is 304 g/mol. The van der Waals surface area contributed by atoms with Gasteiger partial charge in [0, 0.05) is 33.3 Å². The third-order valence-electron chi connectivity index (χ3n) is 4.95. The fourth-order valence-electron chi connectivity index (χ4n) is 3.20. The van der Waals surface area contributed by atoms with Gasteiger partial charge in [0.25, 0.3) is 5.91 Å². The Bertz CT molecular complexity index is 545. The van der Waals surface area contributed by atoms with Gasteiger partial charge in [-0.2, -0.15) is 0 Å². The average molecular weight is 332 g/mol. The van der Waals surface area contributed by atoms with Crippen molar-refractivity contribution in [3.8, 4) is 5.75 Å². The summed E-state index contributed by atoms with van der Waals surface area (Å²) in [5.41, 5.74) is 0.703. The van der Waals surface area contributed by atoms with Crippen molar-refractivity contribution in [1.29, 1.82) is 0 Å². The highest BCUT2D eigenvalue weighted by Crippen LogP contribution is 2.28. The first-order chi connectivity index (χ1) is 11.8. The molecule has 2 aliphatic rings. The maximum atomic E-state index is 13.0. The molecule has 0 radical (unpaired) electrons. The molecule has 132 valence electrons. The van der Waals surface area contributed by atoms with Crippen LogP contribution in [0.1, 0.15) is 36.0 Å². The third kappa shape index (κ3) is 4.28. The predicted octanol–water partition coefficient (Wildman–Crippen LogP) is 2.41. The van der Waals surface area contributed by atoms with Crippen LogP contribution in [0.25, 0.3) is 0 Å². The minimum absolute atomic E-state index is 0.0958. The first-order valence-electron chi connectivity index (χ1n) is 9.04. The Morgan fingerprint density at radius 2 is 1.96 bits per heavy atom. The minimum atomic E-state index is 0.0958. The molecule has 0 N–H and O–H groups in total. The lowest BCUT2D eigenvalue weighted by atomic mass is 9.96. The number of carbonyl (C=O) groups is 1. The number of rotatable bonds is 6. The number of carbonyl (C=O) groups excluding carboxylic acids is 1. The molecule has 5 heteroatoms. The van der Waals surface area contributed by atoms with E-state index in [0.717, 1.165) is 64.3 Å². The van der Waals surface area contributed by atoms with Crippen molar-refractivity contribution in [3.63, 3.8) is 0 Å². The molecular formula is C19H28N2O3. The highest BCUT2D eigenvalue weighted by Gasteiger charge is 2.25. The molecule has 1 saturated heterocycles. The topological polar surface area (TPSA) is 42.0 Å². The van der Waals surface area contributed by atoms with Crippen LogP contribution in [0.3, 0.4) is 0 Å². The second-order valence-electron chi connectivity index (χ2n) is 6.65. The maximum absolute atomic E-state index is 13.0. The molecule has 0 spiro atoms. The number of hydrogen-bond acceptors (Lipinski definition) is 4. The van der Waals surface area contributed by atoms with E-state index >= 15 is 0 Å². The van der Waals surface area contributed by atoms with E-state index in [9.17, 15) is 4.79 Å². The first-order valence-corrected chi connectivity index (χ1v) is 9.04. The monoisotopic (exact) mass is 332 g/mol. The van der Waals surface area contributed by atoms with Gasteiger partial charge in [-0.25, -0.2) is 0 Å². The van der Waals surface area contributed by atoms with Gasteiger partial charge in [-0.1, -0.05) is 12.1 Å². The van der Waals surface area contributed by atoms with Crippen molar-refractivity contribution in [2.24, 2.45) is 0 Å². The van der Waals surface area contributed by atoms with Crippen LogP contribution in [0.5, 0.6) is 5.75 Å². The van der Waals surface area contributed by atoms with Crippen LogP contribution in [0.2, 0.25) is 0 Å². The molecule has 24 heavy (non-hydrogen) atoms. The van der Waals surface area contributed by atoms with Gasteiger partial charge >= 0.3 is 0 Å². The summed E-state index contributed by atoms with van der Waals surface area (Å²) in [5, 5.41) is 0. The summed E-state index contributed by atoms with van der Waals surface area (Å²) >= 11 is 0. The second kappa shape index (κ2) is 8.49. The summed E-state index contributed by atoms with van der Waals surface area (Å²) in [7, 11) is 1.73. The average Bonchev–Trinajstić information content (AvgIpc) is 2.81. The summed E-state index contributed by atoms with van der Waals surface area (Å²) < 4.78 is 11.2. The summed E-state index contributed by atoms with van der Waals surface area (Å²) in [6.45, 7) is 5.17. The van der Waals surface area contributed by atoms with Gasteiger partial charge in [0.2, 0.25) is 0 Å². The molecule has 0 atom stereocenters. The predicted molar refractivity (Wildman–Crippen MR) is 93.5 cm³/mol. The van der Waals surface area contributed by atoms with E-state index in [4.69, 9.17) is 9.47 Å². The zero-order valence-electron chi connectivity index (χ0n) is 14.6. The minimum Gasteiger partial charge on any atom is -0.490 e. The Kier molecular flexibility index (Phi) is 6.10. The van der Waals surface area contributed by atoms with E-state index < -0.39 is 0 Å². The lowest BCUT2D eigenvalue weighted by Crippen LogP contribution is -2.36. The van der Waals surface area contributed by atoms with Crippen molar-refractivity contribution in [1.82, 2.24) is 9.80 Å². The number of benzene rings is 1. The zero-order valence-corrected chi connectivity index (χ0v) is 14.6. The van der Waals surface area contributed by atoms with Gasteiger partial charge in [-0.05, 0) is 44.4 Å². The third-order valence-corrected chi connectivity index (χ3v) is 4.95. The first kappa shape index (κ1) is 17.2. The fraction of sp³-hybridized carbons (Fsp3) is 0.632. The van der Waals surface area contributed by atoms with E-state index in [1.165, 1.54) is 6.42 Å². The Labute approximate surface area is 144 Å². The standard InChI is InChI=1S/C19H28N2O3/c1-23-15-14-20-10-5-11-21(13-12-20)19(22)17-8-2-3-9-18(17)24-16-6-4-7-16/h2-3,8-9,16H,4-7,10-15H2,1H3. The Morgan fingerprint density at radius 3 is 2.71 bits per heavy atom. The Balaban J connectivity index is 1.63. The van der Waals surface area contributed by atoms with Crippen LogP contribution < -0.4 is 4.74 Å². The van der Waals surface area contributed by atoms with E-state index in [0.29, 0.717) is 5.56 Å². The van der Waals surface area contributed by atoms with Crippen LogP contribution in [-0.4, -0.2) is 68.3 Å². The molecule has 1 aromatic carbocycles. The van der Waals surface area contributed by atoms with E-state index in [-0.39, 0.29) is 12.0 Å². The van der Waals surface area contributed by atoms with Crippen molar-refractivity contribution in [2.75, 3.05) is 46.4 Å². The highest BCUT2D eigenvalue weighted by molar-refractivity contribution is 5.97. The van der Waals surface area contributed by atoms with Crippen LogP contribution in [0.15, 0.2) is 24.3 Å². The number of para-hydroxylation sites is 1. The molecule has 3 rings (SSSR count). The Hall–Kier alpha value is -1.59. The molecule has 0 bridgehead atoms. The van der Waals surface area contributed by atoms with E-state index in [2.05, 4.69) is 4.90 Å². The molecule has 2 fully saturated rings. The summed E-state index contributed by atoms with van der Waals surface area (Å²) in [5.74, 6) is 0.839. The van der Waals surface area contributed by atoms with E-state index in [1.807, 2.05) is 29.2 Å². The summed E-state index contributed by atoms with van der Waals surface area (Å²) in [6, 6.07) is 7.68. The van der Waals surface area contributed by atoms with Gasteiger partial charge < -0.3 is 14.4 Å². The summed E-state index contributed by atoms with van der Waals surface area (Å²) in [4.78, 5) is 17.3. The van der Waals surface area contributed by atoms with Gasteiger partial charge in [0.1, 0.15) is 5.75 Å². The lowest BCUT2D eigenvalue weighted by molar-refractivity contribution is 0.0741. The van der Waals surface area contributed by atoms with Crippen molar-refractivity contribution in [3.05, 3.63) is 29.8 Å². The fourth-order valence-corrected chi connectivity index (χ4v) is 3.20. The number of ether oxygens (including phenoxy) is 2. The second-order valence-corrected chi connectivity index (χ2v) is 6.65. The van der Waals surface area contributed by atoms with E-state index in [1.54, 1.807) is 7.11 Å². The van der Waals surface area contributed by atoms with Crippen LogP contribution in [-0.2, 0) is 4.74 Å². The lowest BCUT2D eigenvalue weighted by Gasteiger charge is -2.28. The van der Waals surface area contributed by atoms with Crippen LogP contribution >= 0.6 is 0 Å². The number of methoxy groups -OCH3 is 1. The number of nitrogens with zero attached hydrogens (tertiary/aromatic N) is 2. The molecule has 0 aromatic heterocycles. The quantitative estimate of drug-likeness (QED) is 0.802. The molecule has 1 aromatic rings. The Morgan fingerprint density at radius 1 is 1.12 bits per heavy atom. The van der Waals surface area contributed by atoms with Crippen molar-refractivity contribution >= 4 is 5.91 Å². The van der Waals surface area contributed by atoms with Gasteiger partial charge in [0.05, 0.1) is 18.3 Å². The van der Waals surface area contributed by atoms with Gasteiger partial charge in [-0.3, -0.25) is 9.69 Å². The van der Waals surface area contributed by atoms with Crippen molar-refractivity contribution < 1.29 is 14.3 Å². The smallest absolute Gasteiger partial charge is 0.257 e.